The van der Waals surface area contributed by atoms with E-state index in [9.17, 15) is 15.8 Å². The van der Waals surface area contributed by atoms with Crippen molar-refractivity contribution in [1.29, 1.82) is 15.8 Å². The Balaban J connectivity index is 1.65. The molecule has 0 unspecified atom stereocenters. The maximum Gasteiger partial charge on any atom is 0.172 e. The summed E-state index contributed by atoms with van der Waals surface area (Å²) in [5.74, 6) is 1.58. The Morgan fingerprint density at radius 1 is 0.630 bits per heavy atom. The average molecular weight is 602 g/mol. The summed E-state index contributed by atoms with van der Waals surface area (Å²) in [6.45, 7) is 3.62. The van der Waals surface area contributed by atoms with Gasteiger partial charge in [0.1, 0.15) is 40.9 Å². The minimum atomic E-state index is -0.884. The van der Waals surface area contributed by atoms with E-state index >= 15 is 0 Å². The van der Waals surface area contributed by atoms with Crippen molar-refractivity contribution in [3.05, 3.63) is 159 Å². The standard InChI is InChI=1S/C40H31N3O3/c1-40(2)36(35(26-43)39(46-40)32(24-41)25-42)23-12-27-10-13-29(14-11-27)37(28-8-6-5-7-9-28)38(30-15-19-33(44-3)20-16-30)31-17-21-34(45-4)22-18-31/h5-23H,1-4H3/b23-12+. The summed E-state index contributed by atoms with van der Waals surface area (Å²) in [5.41, 5.74) is 6.85. The van der Waals surface area contributed by atoms with Gasteiger partial charge in [-0.25, -0.2) is 0 Å². The van der Waals surface area contributed by atoms with E-state index in [-0.39, 0.29) is 16.9 Å². The van der Waals surface area contributed by atoms with Crippen LogP contribution < -0.4 is 9.47 Å². The second kappa shape index (κ2) is 13.6. The Hall–Kier alpha value is -6.29. The molecule has 6 heteroatoms. The van der Waals surface area contributed by atoms with Crippen molar-refractivity contribution in [2.45, 2.75) is 19.4 Å². The van der Waals surface area contributed by atoms with E-state index in [1.165, 1.54) is 0 Å². The first-order chi connectivity index (χ1) is 22.3. The second-order valence-corrected chi connectivity index (χ2v) is 11.0. The Morgan fingerprint density at radius 2 is 1.09 bits per heavy atom. The first-order valence-electron chi connectivity index (χ1n) is 14.6. The Kier molecular flexibility index (Phi) is 9.18. The summed E-state index contributed by atoms with van der Waals surface area (Å²) in [6, 6.07) is 40.4. The van der Waals surface area contributed by atoms with Crippen LogP contribution in [0, 0.1) is 34.0 Å². The van der Waals surface area contributed by atoms with E-state index in [0.29, 0.717) is 5.57 Å². The maximum atomic E-state index is 9.89. The van der Waals surface area contributed by atoms with Gasteiger partial charge in [-0.1, -0.05) is 91.0 Å². The van der Waals surface area contributed by atoms with Crippen molar-refractivity contribution in [1.82, 2.24) is 0 Å². The molecule has 5 rings (SSSR count). The number of ether oxygens (including phenoxy) is 3. The highest BCUT2D eigenvalue weighted by molar-refractivity contribution is 6.04. The highest BCUT2D eigenvalue weighted by atomic mass is 16.5. The molecule has 0 aliphatic carbocycles. The SMILES string of the molecule is COc1ccc(C(=C(c2ccccc2)c2ccc(/C=C/C3=C(C#N)C(=C(C#N)C#N)OC3(C)C)cc2)c2ccc(OC)cc2)cc1. The third-order valence-electron chi connectivity index (χ3n) is 7.78. The molecule has 224 valence electrons. The van der Waals surface area contributed by atoms with Gasteiger partial charge in [0.25, 0.3) is 0 Å². The molecule has 0 radical (unpaired) electrons. The highest BCUT2D eigenvalue weighted by Gasteiger charge is 2.38. The first-order valence-corrected chi connectivity index (χ1v) is 14.6. The molecule has 0 aromatic heterocycles. The van der Waals surface area contributed by atoms with Gasteiger partial charge in [-0.3, -0.25) is 0 Å². The van der Waals surface area contributed by atoms with E-state index in [2.05, 4.69) is 54.6 Å². The number of hydrogen-bond acceptors (Lipinski definition) is 6. The highest BCUT2D eigenvalue weighted by Crippen LogP contribution is 2.41. The third kappa shape index (κ3) is 6.31. The van der Waals surface area contributed by atoms with Crippen LogP contribution in [0.1, 0.15) is 41.7 Å². The third-order valence-corrected chi connectivity index (χ3v) is 7.78. The van der Waals surface area contributed by atoms with Crippen molar-refractivity contribution in [2.75, 3.05) is 14.2 Å². The summed E-state index contributed by atoms with van der Waals surface area (Å²) < 4.78 is 16.8. The topological polar surface area (TPSA) is 99.1 Å². The van der Waals surface area contributed by atoms with Gasteiger partial charge in [0.2, 0.25) is 0 Å². The number of methoxy groups -OCH3 is 2. The van der Waals surface area contributed by atoms with Gasteiger partial charge in [0.15, 0.2) is 11.3 Å². The van der Waals surface area contributed by atoms with E-state index in [4.69, 9.17) is 14.2 Å². The number of allylic oxidation sites excluding steroid dienone is 2. The molecule has 46 heavy (non-hydrogen) atoms. The zero-order chi connectivity index (χ0) is 32.7. The lowest BCUT2D eigenvalue weighted by molar-refractivity contribution is 0.0954. The molecule has 0 saturated heterocycles. The van der Waals surface area contributed by atoms with Crippen molar-refractivity contribution in [2.24, 2.45) is 0 Å². The Morgan fingerprint density at radius 3 is 1.52 bits per heavy atom. The van der Waals surface area contributed by atoms with Crippen LogP contribution in [0.5, 0.6) is 11.5 Å². The quantitative estimate of drug-likeness (QED) is 0.148. The normalized spacial score (nSPS) is 13.3. The molecule has 0 amide bonds. The molecule has 0 bridgehead atoms. The number of hydrogen-bond donors (Lipinski definition) is 0. The largest absolute Gasteiger partial charge is 0.497 e. The van der Waals surface area contributed by atoms with Gasteiger partial charge >= 0.3 is 0 Å². The van der Waals surface area contributed by atoms with Crippen LogP contribution in [0.4, 0.5) is 0 Å². The van der Waals surface area contributed by atoms with Crippen molar-refractivity contribution in [3.63, 3.8) is 0 Å². The minimum Gasteiger partial charge on any atom is -0.497 e. The summed E-state index contributed by atoms with van der Waals surface area (Å²) in [6.07, 6.45) is 3.73. The lowest BCUT2D eigenvalue weighted by atomic mass is 9.85. The van der Waals surface area contributed by atoms with E-state index in [0.717, 1.165) is 50.5 Å². The van der Waals surface area contributed by atoms with Crippen LogP contribution in [0.25, 0.3) is 17.2 Å². The molecule has 0 saturated carbocycles. The zero-order valence-corrected chi connectivity index (χ0v) is 26.0. The van der Waals surface area contributed by atoms with Crippen molar-refractivity contribution >= 4 is 17.2 Å². The van der Waals surface area contributed by atoms with Gasteiger partial charge in [-0.2, -0.15) is 15.8 Å². The predicted molar refractivity (Wildman–Crippen MR) is 179 cm³/mol. The second-order valence-electron chi connectivity index (χ2n) is 11.0. The molecule has 1 aliphatic heterocycles. The molecule has 0 fully saturated rings. The van der Waals surface area contributed by atoms with Crippen molar-refractivity contribution < 1.29 is 14.2 Å². The number of rotatable bonds is 8. The summed E-state index contributed by atoms with van der Waals surface area (Å²) >= 11 is 0. The number of benzene rings is 4. The molecular formula is C40H31N3O3. The Bertz CT molecular complexity index is 1930. The summed E-state index contributed by atoms with van der Waals surface area (Å²) in [4.78, 5) is 0. The van der Waals surface area contributed by atoms with Crippen LogP contribution in [0.15, 0.2) is 132 Å². The van der Waals surface area contributed by atoms with Crippen LogP contribution in [0.3, 0.4) is 0 Å². The fourth-order valence-electron chi connectivity index (χ4n) is 5.45. The van der Waals surface area contributed by atoms with Crippen LogP contribution in [-0.4, -0.2) is 19.8 Å². The molecule has 4 aromatic rings. The molecule has 0 spiro atoms. The number of nitrogens with zero attached hydrogens (tertiary/aromatic N) is 3. The van der Waals surface area contributed by atoms with Crippen LogP contribution >= 0.6 is 0 Å². The zero-order valence-electron chi connectivity index (χ0n) is 26.0. The van der Waals surface area contributed by atoms with Gasteiger partial charge in [-0.05, 0) is 77.1 Å². The molecule has 4 aromatic carbocycles. The fourth-order valence-corrected chi connectivity index (χ4v) is 5.45. The monoisotopic (exact) mass is 601 g/mol. The average Bonchev–Trinajstić information content (AvgIpc) is 3.36. The maximum absolute atomic E-state index is 9.89. The summed E-state index contributed by atoms with van der Waals surface area (Å²) in [7, 11) is 3.31. The minimum absolute atomic E-state index is 0.0229. The molecule has 0 atom stereocenters. The van der Waals surface area contributed by atoms with Gasteiger partial charge < -0.3 is 14.2 Å². The lowest BCUT2D eigenvalue weighted by Crippen LogP contribution is -2.20. The molecule has 1 heterocycles. The summed E-state index contributed by atoms with van der Waals surface area (Å²) in [5, 5.41) is 28.6. The van der Waals surface area contributed by atoms with Crippen LogP contribution in [-0.2, 0) is 4.74 Å². The first kappa shape index (κ1) is 31.1. The van der Waals surface area contributed by atoms with E-state index in [1.807, 2.05) is 92.7 Å². The number of nitriles is 3. The van der Waals surface area contributed by atoms with Crippen LogP contribution in [0.2, 0.25) is 0 Å². The van der Waals surface area contributed by atoms with E-state index < -0.39 is 5.60 Å². The molecular weight excluding hydrogens is 570 g/mol. The molecule has 0 N–H and O–H groups in total. The van der Waals surface area contributed by atoms with Gasteiger partial charge in [0, 0.05) is 5.57 Å². The van der Waals surface area contributed by atoms with E-state index in [1.54, 1.807) is 14.2 Å². The molecule has 1 aliphatic rings. The van der Waals surface area contributed by atoms with Gasteiger partial charge in [-0.15, -0.1) is 0 Å². The Labute approximate surface area is 269 Å². The predicted octanol–water partition coefficient (Wildman–Crippen LogP) is 8.65. The van der Waals surface area contributed by atoms with Crippen molar-refractivity contribution in [3.8, 4) is 29.7 Å². The molecule has 6 nitrogen and oxygen atoms in total. The van der Waals surface area contributed by atoms with Gasteiger partial charge in [0.05, 0.1) is 14.2 Å². The fraction of sp³-hybridized carbons (Fsp3) is 0.125. The smallest absolute Gasteiger partial charge is 0.172 e. The lowest BCUT2D eigenvalue weighted by Gasteiger charge is -2.20.